The summed E-state index contributed by atoms with van der Waals surface area (Å²) in [6.45, 7) is -1.97. The van der Waals surface area contributed by atoms with Gasteiger partial charge in [0, 0.05) is 25.1 Å². The number of rotatable bonds is 5. The van der Waals surface area contributed by atoms with Crippen molar-refractivity contribution >= 4 is 16.8 Å². The first-order valence-corrected chi connectivity index (χ1v) is 10.4. The third-order valence-electron chi connectivity index (χ3n) is 5.43. The number of halogens is 2. The largest absolute Gasteiger partial charge is 0.435 e. The molecule has 162 valence electrons. The molecule has 0 fully saturated rings. The van der Waals surface area contributed by atoms with Gasteiger partial charge in [-0.15, -0.1) is 0 Å². The molecule has 0 saturated heterocycles. The Morgan fingerprint density at radius 2 is 1.87 bits per heavy atom. The summed E-state index contributed by atoms with van der Waals surface area (Å²) in [5.41, 5.74) is 1.62. The van der Waals surface area contributed by atoms with Crippen LogP contribution in [0.1, 0.15) is 47.4 Å². The molecule has 6 nitrogen and oxygen atoms in total. The van der Waals surface area contributed by atoms with E-state index >= 15 is 0 Å². The van der Waals surface area contributed by atoms with Crippen LogP contribution in [0.25, 0.3) is 10.9 Å². The number of ether oxygens (including phenoxy) is 1. The van der Waals surface area contributed by atoms with Gasteiger partial charge in [-0.25, -0.2) is 4.98 Å². The van der Waals surface area contributed by atoms with E-state index in [1.165, 1.54) is 12.1 Å². The van der Waals surface area contributed by atoms with Crippen LogP contribution in [0.5, 0.6) is 5.75 Å². The van der Waals surface area contributed by atoms with E-state index in [1.807, 2.05) is 0 Å². The van der Waals surface area contributed by atoms with Crippen molar-refractivity contribution < 1.29 is 18.3 Å². The van der Waals surface area contributed by atoms with Crippen molar-refractivity contribution in [3.63, 3.8) is 0 Å². The SMILES string of the molecule is O=C(NCc1ccc(OC(F)F)cc1)c1ccc2c(=O)n3c(nc2c1)CCCCCC3. The summed E-state index contributed by atoms with van der Waals surface area (Å²) in [6, 6.07) is 11.0. The van der Waals surface area contributed by atoms with Gasteiger partial charge in [0.15, 0.2) is 0 Å². The molecular weight excluding hydrogens is 404 g/mol. The molecule has 1 aliphatic heterocycles. The zero-order chi connectivity index (χ0) is 21.8. The van der Waals surface area contributed by atoms with E-state index in [9.17, 15) is 18.4 Å². The van der Waals surface area contributed by atoms with Crippen molar-refractivity contribution in [1.82, 2.24) is 14.9 Å². The molecule has 8 heteroatoms. The van der Waals surface area contributed by atoms with E-state index in [4.69, 9.17) is 0 Å². The molecule has 31 heavy (non-hydrogen) atoms. The van der Waals surface area contributed by atoms with Crippen LogP contribution < -0.4 is 15.6 Å². The van der Waals surface area contributed by atoms with Gasteiger partial charge in [-0.05, 0) is 48.7 Å². The molecule has 3 aromatic rings. The number of aromatic nitrogens is 2. The van der Waals surface area contributed by atoms with Crippen LogP contribution in [0, 0.1) is 0 Å². The van der Waals surface area contributed by atoms with Crippen molar-refractivity contribution in [3.05, 3.63) is 69.8 Å². The fourth-order valence-electron chi connectivity index (χ4n) is 3.81. The number of benzene rings is 2. The Hall–Kier alpha value is -3.29. The van der Waals surface area contributed by atoms with Crippen molar-refractivity contribution in [3.8, 4) is 5.75 Å². The highest BCUT2D eigenvalue weighted by Gasteiger charge is 2.15. The highest BCUT2D eigenvalue weighted by molar-refractivity contribution is 5.97. The van der Waals surface area contributed by atoms with Crippen LogP contribution in [0.2, 0.25) is 0 Å². The molecule has 0 bridgehead atoms. The maximum Gasteiger partial charge on any atom is 0.387 e. The summed E-state index contributed by atoms with van der Waals surface area (Å²) in [5.74, 6) is 0.538. The first-order valence-electron chi connectivity index (χ1n) is 10.4. The number of fused-ring (bicyclic) bond motifs is 2. The van der Waals surface area contributed by atoms with Crippen LogP contribution >= 0.6 is 0 Å². The van der Waals surface area contributed by atoms with Crippen molar-refractivity contribution in [2.45, 2.75) is 51.8 Å². The molecule has 0 radical (unpaired) electrons. The Morgan fingerprint density at radius 3 is 2.65 bits per heavy atom. The van der Waals surface area contributed by atoms with Crippen LogP contribution in [0.15, 0.2) is 47.3 Å². The lowest BCUT2D eigenvalue weighted by Gasteiger charge is -2.16. The summed E-state index contributed by atoms with van der Waals surface area (Å²) in [4.78, 5) is 30.2. The van der Waals surface area contributed by atoms with Gasteiger partial charge in [0.05, 0.1) is 10.9 Å². The third-order valence-corrected chi connectivity index (χ3v) is 5.43. The van der Waals surface area contributed by atoms with E-state index in [-0.39, 0.29) is 23.8 Å². The summed E-state index contributed by atoms with van der Waals surface area (Å²) < 4.78 is 30.5. The summed E-state index contributed by atoms with van der Waals surface area (Å²) in [7, 11) is 0. The summed E-state index contributed by atoms with van der Waals surface area (Å²) in [6.07, 6.45) is 4.97. The normalized spacial score (nSPS) is 14.0. The second-order valence-electron chi connectivity index (χ2n) is 7.59. The van der Waals surface area contributed by atoms with Crippen LogP contribution in [-0.2, 0) is 19.5 Å². The molecule has 1 aromatic heterocycles. The number of hydrogen-bond donors (Lipinski definition) is 1. The fraction of sp³-hybridized carbons (Fsp3) is 0.348. The number of nitrogens with one attached hydrogen (secondary N) is 1. The van der Waals surface area contributed by atoms with Crippen molar-refractivity contribution in [2.75, 3.05) is 0 Å². The van der Waals surface area contributed by atoms with Crippen LogP contribution in [0.3, 0.4) is 0 Å². The van der Waals surface area contributed by atoms with Gasteiger partial charge in [0.1, 0.15) is 11.6 Å². The minimum atomic E-state index is -2.88. The number of alkyl halides is 2. The van der Waals surface area contributed by atoms with Gasteiger partial charge >= 0.3 is 6.61 Å². The molecule has 0 saturated carbocycles. The second-order valence-corrected chi connectivity index (χ2v) is 7.59. The van der Waals surface area contributed by atoms with E-state index in [0.29, 0.717) is 23.0 Å². The lowest BCUT2D eigenvalue weighted by Crippen LogP contribution is -2.27. The van der Waals surface area contributed by atoms with Gasteiger partial charge in [0.2, 0.25) is 0 Å². The zero-order valence-electron chi connectivity index (χ0n) is 16.9. The monoisotopic (exact) mass is 427 g/mol. The lowest BCUT2D eigenvalue weighted by atomic mass is 10.1. The van der Waals surface area contributed by atoms with Crippen molar-refractivity contribution in [1.29, 1.82) is 0 Å². The maximum atomic E-state index is 12.9. The number of aryl methyl sites for hydroxylation is 1. The second kappa shape index (κ2) is 9.24. The Balaban J connectivity index is 1.50. The number of carbonyl (C=O) groups is 1. The molecule has 1 N–H and O–H groups in total. The summed E-state index contributed by atoms with van der Waals surface area (Å²) >= 11 is 0. The third kappa shape index (κ3) is 4.90. The highest BCUT2D eigenvalue weighted by Crippen LogP contribution is 2.17. The number of amides is 1. The van der Waals surface area contributed by atoms with Crippen LogP contribution in [0.4, 0.5) is 8.78 Å². The molecule has 0 unspecified atom stereocenters. The predicted octanol–water partition coefficient (Wildman–Crippen LogP) is 4.04. The molecule has 4 rings (SSSR count). The molecule has 1 amide bonds. The lowest BCUT2D eigenvalue weighted by molar-refractivity contribution is -0.0498. The Bertz CT molecular complexity index is 1140. The smallest absolute Gasteiger partial charge is 0.387 e. The topological polar surface area (TPSA) is 73.2 Å². The fourth-order valence-corrected chi connectivity index (χ4v) is 3.81. The molecule has 0 spiro atoms. The van der Waals surface area contributed by atoms with Gasteiger partial charge in [0.25, 0.3) is 11.5 Å². The number of nitrogens with zero attached hydrogens (tertiary/aromatic N) is 2. The van der Waals surface area contributed by atoms with Gasteiger partial charge in [-0.2, -0.15) is 8.78 Å². The van der Waals surface area contributed by atoms with E-state index in [0.717, 1.165) is 43.5 Å². The quantitative estimate of drug-likeness (QED) is 0.667. The molecule has 2 aromatic carbocycles. The Labute approximate surface area is 177 Å². The minimum Gasteiger partial charge on any atom is -0.435 e. The minimum absolute atomic E-state index is 0.0556. The average Bonchev–Trinajstić information content (AvgIpc) is 2.73. The van der Waals surface area contributed by atoms with E-state index in [1.54, 1.807) is 34.9 Å². The Morgan fingerprint density at radius 1 is 1.10 bits per heavy atom. The molecule has 0 atom stereocenters. The van der Waals surface area contributed by atoms with E-state index < -0.39 is 6.61 Å². The molecule has 0 aliphatic carbocycles. The highest BCUT2D eigenvalue weighted by atomic mass is 19.3. The van der Waals surface area contributed by atoms with Gasteiger partial charge < -0.3 is 10.1 Å². The average molecular weight is 427 g/mol. The van der Waals surface area contributed by atoms with Gasteiger partial charge in [-0.3, -0.25) is 14.2 Å². The standard InChI is InChI=1S/C23H23F2N3O3/c24-23(25)31-17-9-6-15(7-10-17)14-26-21(29)16-8-11-18-19(13-16)27-20-5-3-1-2-4-12-28(20)22(18)30/h6-11,13,23H,1-5,12,14H2,(H,26,29). The van der Waals surface area contributed by atoms with E-state index in [2.05, 4.69) is 15.0 Å². The first kappa shape index (κ1) is 21.0. The Kier molecular flexibility index (Phi) is 6.25. The number of carbonyl (C=O) groups excluding carboxylic acids is 1. The van der Waals surface area contributed by atoms with Gasteiger partial charge in [-0.1, -0.05) is 25.0 Å². The zero-order valence-corrected chi connectivity index (χ0v) is 16.9. The molecular formula is C23H23F2N3O3. The predicted molar refractivity (Wildman–Crippen MR) is 112 cm³/mol. The van der Waals surface area contributed by atoms with Crippen molar-refractivity contribution in [2.24, 2.45) is 0 Å². The van der Waals surface area contributed by atoms with Crippen LogP contribution in [-0.4, -0.2) is 22.1 Å². The number of hydrogen-bond acceptors (Lipinski definition) is 4. The summed E-state index contributed by atoms with van der Waals surface area (Å²) in [5, 5.41) is 3.31. The molecule has 1 aliphatic rings. The first-order chi connectivity index (χ1) is 15.0. The molecule has 2 heterocycles. The maximum absolute atomic E-state index is 12.9.